The van der Waals surface area contributed by atoms with Crippen LogP contribution in [0.4, 0.5) is 10.1 Å². The minimum atomic E-state index is -3.93. The molecule has 0 saturated heterocycles. The topological polar surface area (TPSA) is 73.9 Å². The number of rotatable bonds is 4. The number of nitrogens with one attached hydrogen (secondary N) is 1. The Morgan fingerprint density at radius 3 is 2.52 bits per heavy atom. The number of sulfonamides is 1. The van der Waals surface area contributed by atoms with Gasteiger partial charge < -0.3 is 14.2 Å². The molecule has 0 fully saturated rings. The Kier molecular flexibility index (Phi) is 3.99. The number of benzene rings is 2. The van der Waals surface area contributed by atoms with E-state index in [0.717, 1.165) is 6.07 Å². The van der Waals surface area contributed by atoms with Crippen molar-refractivity contribution in [1.29, 1.82) is 0 Å². The van der Waals surface area contributed by atoms with Gasteiger partial charge in [0.05, 0.1) is 17.7 Å². The molecular weight excluding hydrogens is 325 g/mol. The lowest BCUT2D eigenvalue weighted by Gasteiger charge is -2.19. The van der Waals surface area contributed by atoms with Gasteiger partial charge in [-0.05, 0) is 30.3 Å². The van der Waals surface area contributed by atoms with Crippen LogP contribution in [0.2, 0.25) is 0 Å². The molecule has 23 heavy (non-hydrogen) atoms. The molecule has 0 unspecified atom stereocenters. The van der Waals surface area contributed by atoms with E-state index in [9.17, 15) is 12.8 Å². The van der Waals surface area contributed by atoms with Gasteiger partial charge in [-0.25, -0.2) is 12.8 Å². The molecule has 6 nitrogen and oxygen atoms in total. The number of ether oxygens (including phenoxy) is 3. The summed E-state index contributed by atoms with van der Waals surface area (Å²) >= 11 is 0. The van der Waals surface area contributed by atoms with Crippen molar-refractivity contribution in [2.45, 2.75) is 4.90 Å². The van der Waals surface area contributed by atoms with Crippen LogP contribution in [-0.4, -0.2) is 28.7 Å². The predicted octanol–water partition coefficient (Wildman–Crippen LogP) is 2.41. The highest BCUT2D eigenvalue weighted by molar-refractivity contribution is 7.92. The molecule has 8 heteroatoms. The van der Waals surface area contributed by atoms with Gasteiger partial charge >= 0.3 is 0 Å². The summed E-state index contributed by atoms with van der Waals surface area (Å²) in [5.41, 5.74) is 0.297. The quantitative estimate of drug-likeness (QED) is 0.926. The first-order valence-corrected chi connectivity index (χ1v) is 8.24. The highest BCUT2D eigenvalue weighted by Crippen LogP contribution is 2.33. The first-order chi connectivity index (χ1) is 11.0. The Hall–Kier alpha value is -2.48. The Morgan fingerprint density at radius 1 is 1.09 bits per heavy atom. The molecule has 2 aromatic carbocycles. The van der Waals surface area contributed by atoms with Gasteiger partial charge in [0.15, 0.2) is 23.1 Å². The molecule has 1 aliphatic rings. The van der Waals surface area contributed by atoms with E-state index >= 15 is 0 Å². The van der Waals surface area contributed by atoms with Crippen molar-refractivity contribution in [1.82, 2.24) is 0 Å². The van der Waals surface area contributed by atoms with Crippen LogP contribution in [0.3, 0.4) is 0 Å². The van der Waals surface area contributed by atoms with Crippen molar-refractivity contribution in [2.75, 3.05) is 25.0 Å². The molecule has 1 heterocycles. The van der Waals surface area contributed by atoms with Crippen molar-refractivity contribution in [3.05, 3.63) is 42.2 Å². The van der Waals surface area contributed by atoms with Gasteiger partial charge in [-0.2, -0.15) is 0 Å². The molecule has 0 radical (unpaired) electrons. The van der Waals surface area contributed by atoms with Crippen LogP contribution in [0, 0.1) is 5.82 Å². The Bertz CT molecular complexity index is 838. The highest BCUT2D eigenvalue weighted by Gasteiger charge is 2.19. The second-order valence-corrected chi connectivity index (χ2v) is 6.44. The molecule has 0 spiro atoms. The minimum absolute atomic E-state index is 0.0247. The third-order valence-corrected chi connectivity index (χ3v) is 4.61. The van der Waals surface area contributed by atoms with Crippen molar-refractivity contribution < 1.29 is 27.0 Å². The lowest BCUT2D eigenvalue weighted by Crippen LogP contribution is -2.16. The molecule has 0 aliphatic carbocycles. The van der Waals surface area contributed by atoms with E-state index in [0.29, 0.717) is 30.4 Å². The van der Waals surface area contributed by atoms with E-state index in [-0.39, 0.29) is 10.6 Å². The molecule has 1 aliphatic heterocycles. The molecule has 0 amide bonds. The summed E-state index contributed by atoms with van der Waals surface area (Å²) in [6.45, 7) is 0.843. The molecule has 0 saturated carbocycles. The summed E-state index contributed by atoms with van der Waals surface area (Å²) in [6, 6.07) is 8.10. The largest absolute Gasteiger partial charge is 0.494 e. The number of fused-ring (bicyclic) bond motifs is 1. The fourth-order valence-electron chi connectivity index (χ4n) is 2.14. The summed E-state index contributed by atoms with van der Waals surface area (Å²) in [5, 5.41) is 0. The Morgan fingerprint density at radius 2 is 1.83 bits per heavy atom. The average molecular weight is 339 g/mol. The lowest BCUT2D eigenvalue weighted by molar-refractivity contribution is 0.171. The summed E-state index contributed by atoms with van der Waals surface area (Å²) in [4.78, 5) is -0.203. The van der Waals surface area contributed by atoms with E-state index in [1.807, 2.05) is 0 Å². The first kappa shape index (κ1) is 15.4. The predicted molar refractivity (Wildman–Crippen MR) is 81.2 cm³/mol. The molecular formula is C15H14FNO5S. The van der Waals surface area contributed by atoms with Crippen LogP contribution in [0.5, 0.6) is 17.2 Å². The van der Waals surface area contributed by atoms with E-state index in [2.05, 4.69) is 4.72 Å². The second-order valence-electron chi connectivity index (χ2n) is 4.76. The number of hydrogen-bond acceptors (Lipinski definition) is 5. The number of methoxy groups -OCH3 is 1. The Balaban J connectivity index is 1.87. The lowest BCUT2D eigenvalue weighted by atomic mass is 10.3. The third kappa shape index (κ3) is 3.16. The molecule has 0 aromatic heterocycles. The van der Waals surface area contributed by atoms with E-state index in [1.54, 1.807) is 12.1 Å². The zero-order valence-electron chi connectivity index (χ0n) is 12.2. The summed E-state index contributed by atoms with van der Waals surface area (Å²) in [5.74, 6) is 0.230. The SMILES string of the molecule is COc1ccc(S(=O)(=O)Nc2ccc3c(c2)OCCO3)cc1F. The van der Waals surface area contributed by atoms with Crippen molar-refractivity contribution in [3.8, 4) is 17.2 Å². The van der Waals surface area contributed by atoms with Gasteiger partial charge in [-0.3, -0.25) is 4.72 Å². The van der Waals surface area contributed by atoms with Gasteiger partial charge in [-0.1, -0.05) is 0 Å². The van der Waals surface area contributed by atoms with E-state index < -0.39 is 15.8 Å². The van der Waals surface area contributed by atoms with Gasteiger partial charge in [-0.15, -0.1) is 0 Å². The van der Waals surface area contributed by atoms with Gasteiger partial charge in [0.1, 0.15) is 13.2 Å². The molecule has 0 atom stereocenters. The second kappa shape index (κ2) is 5.96. The zero-order valence-corrected chi connectivity index (χ0v) is 13.0. The number of hydrogen-bond donors (Lipinski definition) is 1. The molecule has 2 aromatic rings. The number of anilines is 1. The van der Waals surface area contributed by atoms with Crippen LogP contribution in [0.25, 0.3) is 0 Å². The van der Waals surface area contributed by atoms with Crippen LogP contribution < -0.4 is 18.9 Å². The van der Waals surface area contributed by atoms with Gasteiger partial charge in [0.2, 0.25) is 0 Å². The monoisotopic (exact) mass is 339 g/mol. The zero-order chi connectivity index (χ0) is 16.4. The standard InChI is InChI=1S/C15H14FNO5S/c1-20-13-5-3-11(9-12(13)16)23(18,19)17-10-2-4-14-15(8-10)22-7-6-21-14/h2-5,8-9,17H,6-7H2,1H3. The minimum Gasteiger partial charge on any atom is -0.494 e. The molecule has 3 rings (SSSR count). The van der Waals surface area contributed by atoms with Crippen molar-refractivity contribution in [3.63, 3.8) is 0 Å². The highest BCUT2D eigenvalue weighted by atomic mass is 32.2. The fraction of sp³-hybridized carbons (Fsp3) is 0.200. The summed E-state index contributed by atoms with van der Waals surface area (Å²) in [7, 11) is -2.62. The maximum atomic E-state index is 13.7. The molecule has 1 N–H and O–H groups in total. The summed E-state index contributed by atoms with van der Waals surface area (Å²) < 4.78 is 56.3. The molecule has 122 valence electrons. The van der Waals surface area contributed by atoms with Gasteiger partial charge in [0.25, 0.3) is 10.0 Å². The smallest absolute Gasteiger partial charge is 0.262 e. The Labute approximate surface area is 132 Å². The summed E-state index contributed by atoms with van der Waals surface area (Å²) in [6.07, 6.45) is 0. The molecule has 0 bridgehead atoms. The third-order valence-electron chi connectivity index (χ3n) is 3.23. The van der Waals surface area contributed by atoms with E-state index in [1.165, 1.54) is 25.3 Å². The van der Waals surface area contributed by atoms with Crippen LogP contribution in [-0.2, 0) is 10.0 Å². The van der Waals surface area contributed by atoms with Crippen molar-refractivity contribution in [2.24, 2.45) is 0 Å². The maximum Gasteiger partial charge on any atom is 0.262 e. The maximum absolute atomic E-state index is 13.7. The normalized spacial score (nSPS) is 13.5. The first-order valence-electron chi connectivity index (χ1n) is 6.75. The van der Waals surface area contributed by atoms with Crippen LogP contribution in [0.15, 0.2) is 41.3 Å². The van der Waals surface area contributed by atoms with Crippen LogP contribution in [0.1, 0.15) is 0 Å². The van der Waals surface area contributed by atoms with E-state index in [4.69, 9.17) is 14.2 Å². The fourth-order valence-corrected chi connectivity index (χ4v) is 3.20. The average Bonchev–Trinajstić information content (AvgIpc) is 2.54. The van der Waals surface area contributed by atoms with Gasteiger partial charge in [0, 0.05) is 6.07 Å². The van der Waals surface area contributed by atoms with Crippen LogP contribution >= 0.6 is 0 Å². The number of halogens is 1. The van der Waals surface area contributed by atoms with Crippen molar-refractivity contribution >= 4 is 15.7 Å².